The number of carbonyl (C=O) groups is 2. The lowest BCUT2D eigenvalue weighted by Crippen LogP contribution is -2.20. The minimum atomic E-state index is -0.910. The summed E-state index contributed by atoms with van der Waals surface area (Å²) in [5, 5.41) is 19.1. The van der Waals surface area contributed by atoms with Crippen LogP contribution >= 0.6 is 23.1 Å². The zero-order valence-electron chi connectivity index (χ0n) is 10.0. The molecule has 1 aromatic rings. The van der Waals surface area contributed by atoms with Crippen molar-refractivity contribution in [3.63, 3.8) is 0 Å². The maximum atomic E-state index is 11.5. The molecule has 0 aliphatic heterocycles. The van der Waals surface area contributed by atoms with Crippen molar-refractivity contribution in [2.24, 2.45) is 0 Å². The number of nitrogens with one attached hydrogen (secondary N) is 1. The molecule has 1 aromatic heterocycles. The van der Waals surface area contributed by atoms with Gasteiger partial charge < -0.3 is 15.3 Å². The summed E-state index contributed by atoms with van der Waals surface area (Å²) in [5.41, 5.74) is 0. The van der Waals surface area contributed by atoms with Crippen molar-refractivity contribution in [1.82, 2.24) is 15.1 Å². The van der Waals surface area contributed by atoms with Crippen LogP contribution < -0.4 is 5.32 Å². The summed E-state index contributed by atoms with van der Waals surface area (Å²) >= 11 is 2.25. The fourth-order valence-corrected chi connectivity index (χ4v) is 2.44. The third kappa shape index (κ3) is 5.94. The molecule has 0 saturated heterocycles. The van der Waals surface area contributed by atoms with Gasteiger partial charge in [0, 0.05) is 13.0 Å². The molecule has 0 bridgehead atoms. The first kappa shape index (κ1) is 14.9. The third-order valence-corrected chi connectivity index (χ3v) is 3.71. The Morgan fingerprint density at radius 3 is 2.78 bits per heavy atom. The van der Waals surface area contributed by atoms with E-state index in [0.717, 1.165) is 11.8 Å². The van der Waals surface area contributed by atoms with Crippen molar-refractivity contribution in [1.29, 1.82) is 0 Å². The largest absolute Gasteiger partial charge is 0.481 e. The van der Waals surface area contributed by atoms with Crippen LogP contribution in [0.5, 0.6) is 0 Å². The fraction of sp³-hybridized carbons (Fsp3) is 0.556. The van der Waals surface area contributed by atoms with E-state index in [1.165, 1.54) is 11.3 Å². The molecule has 0 saturated carbocycles. The van der Waals surface area contributed by atoms with Crippen LogP contribution in [0.15, 0.2) is 4.34 Å². The lowest BCUT2D eigenvalue weighted by Gasteiger charge is -2.07. The fourth-order valence-electron chi connectivity index (χ4n) is 0.949. The molecule has 100 valence electrons. The van der Waals surface area contributed by atoms with Crippen molar-refractivity contribution in [2.45, 2.75) is 10.8 Å². The maximum Gasteiger partial charge on any atom is 0.313 e. The summed E-state index contributed by atoms with van der Waals surface area (Å²) in [6.07, 6.45) is 0.379. The highest BCUT2D eigenvalue weighted by molar-refractivity contribution is 8.01. The Kier molecular flexibility index (Phi) is 6.02. The standard InChI is InChI=1S/C9H14N4O3S2/c1-13(2)4-3-6(14)10-8-11-12-9(18-8)17-5-7(15)16/h3-5H2,1-2H3,(H,15,16)(H,10,11,14). The van der Waals surface area contributed by atoms with Gasteiger partial charge in [-0.3, -0.25) is 9.59 Å². The molecule has 0 aliphatic rings. The van der Waals surface area contributed by atoms with E-state index < -0.39 is 5.97 Å². The number of hydrogen-bond acceptors (Lipinski definition) is 7. The molecule has 9 heteroatoms. The van der Waals surface area contributed by atoms with E-state index in [1.54, 1.807) is 0 Å². The van der Waals surface area contributed by atoms with Crippen LogP contribution in [-0.4, -0.2) is 58.5 Å². The predicted octanol–water partition coefficient (Wildman–Crippen LogP) is 0.605. The van der Waals surface area contributed by atoms with E-state index >= 15 is 0 Å². The number of aromatic nitrogens is 2. The Morgan fingerprint density at radius 1 is 1.44 bits per heavy atom. The Labute approximate surface area is 113 Å². The van der Waals surface area contributed by atoms with Gasteiger partial charge in [-0.05, 0) is 14.1 Å². The number of carboxylic acids is 1. The lowest BCUT2D eigenvalue weighted by atomic mass is 10.4. The maximum absolute atomic E-state index is 11.5. The highest BCUT2D eigenvalue weighted by Gasteiger charge is 2.09. The predicted molar refractivity (Wildman–Crippen MR) is 70.1 cm³/mol. The van der Waals surface area contributed by atoms with Crippen molar-refractivity contribution >= 4 is 40.1 Å². The van der Waals surface area contributed by atoms with Crippen LogP contribution in [0.25, 0.3) is 0 Å². The van der Waals surface area contributed by atoms with Crippen molar-refractivity contribution < 1.29 is 14.7 Å². The minimum Gasteiger partial charge on any atom is -0.481 e. The van der Waals surface area contributed by atoms with Gasteiger partial charge in [-0.2, -0.15) is 0 Å². The second-order valence-electron chi connectivity index (χ2n) is 3.66. The summed E-state index contributed by atoms with van der Waals surface area (Å²) in [5.74, 6) is -1.11. The first-order valence-electron chi connectivity index (χ1n) is 5.10. The van der Waals surface area contributed by atoms with Gasteiger partial charge in [-0.25, -0.2) is 0 Å². The Bertz CT molecular complexity index is 422. The summed E-state index contributed by atoms with van der Waals surface area (Å²) in [6, 6.07) is 0. The van der Waals surface area contributed by atoms with E-state index in [2.05, 4.69) is 15.5 Å². The molecule has 0 fully saturated rings. The van der Waals surface area contributed by atoms with Crippen LogP contribution in [-0.2, 0) is 9.59 Å². The minimum absolute atomic E-state index is 0.0663. The number of amides is 1. The van der Waals surface area contributed by atoms with E-state index in [-0.39, 0.29) is 11.7 Å². The monoisotopic (exact) mass is 290 g/mol. The average molecular weight is 290 g/mol. The zero-order chi connectivity index (χ0) is 13.5. The van der Waals surface area contributed by atoms with Crippen molar-refractivity contribution in [3.05, 3.63) is 0 Å². The topological polar surface area (TPSA) is 95.4 Å². The number of rotatable bonds is 7. The number of anilines is 1. The van der Waals surface area contributed by atoms with Gasteiger partial charge in [0.05, 0.1) is 5.75 Å². The van der Waals surface area contributed by atoms with Crippen LogP contribution in [0, 0.1) is 0 Å². The summed E-state index contributed by atoms with van der Waals surface area (Å²) in [7, 11) is 3.78. The summed E-state index contributed by atoms with van der Waals surface area (Å²) in [6.45, 7) is 0.658. The third-order valence-electron chi connectivity index (χ3n) is 1.76. The average Bonchev–Trinajstić information content (AvgIpc) is 2.71. The van der Waals surface area contributed by atoms with Gasteiger partial charge in [-0.15, -0.1) is 10.2 Å². The first-order chi connectivity index (χ1) is 8.47. The molecule has 7 nitrogen and oxygen atoms in total. The van der Waals surface area contributed by atoms with Gasteiger partial charge in [0.15, 0.2) is 4.34 Å². The number of carboxylic acid groups (broad SMARTS) is 1. The molecule has 2 N–H and O–H groups in total. The van der Waals surface area contributed by atoms with E-state index in [9.17, 15) is 9.59 Å². The second kappa shape index (κ2) is 7.29. The van der Waals surface area contributed by atoms with Crippen LogP contribution in [0.1, 0.15) is 6.42 Å². The molecule has 18 heavy (non-hydrogen) atoms. The van der Waals surface area contributed by atoms with Gasteiger partial charge >= 0.3 is 5.97 Å². The molecular weight excluding hydrogens is 276 g/mol. The molecule has 0 aliphatic carbocycles. The van der Waals surface area contributed by atoms with Crippen LogP contribution in [0.3, 0.4) is 0 Å². The molecule has 0 unspecified atom stereocenters. The normalized spacial score (nSPS) is 10.6. The van der Waals surface area contributed by atoms with Gasteiger partial charge in [0.1, 0.15) is 0 Å². The second-order valence-corrected chi connectivity index (χ2v) is 5.86. The number of nitrogens with zero attached hydrogens (tertiary/aromatic N) is 3. The van der Waals surface area contributed by atoms with E-state index in [0.29, 0.717) is 22.4 Å². The first-order valence-corrected chi connectivity index (χ1v) is 6.90. The van der Waals surface area contributed by atoms with Gasteiger partial charge in [-0.1, -0.05) is 23.1 Å². The van der Waals surface area contributed by atoms with E-state index in [1.807, 2.05) is 19.0 Å². The van der Waals surface area contributed by atoms with Crippen molar-refractivity contribution in [3.8, 4) is 0 Å². The molecular formula is C9H14N4O3S2. The number of aliphatic carboxylic acids is 1. The van der Waals surface area contributed by atoms with Gasteiger partial charge in [0.2, 0.25) is 11.0 Å². The molecule has 1 rings (SSSR count). The number of thioether (sulfide) groups is 1. The van der Waals surface area contributed by atoms with Crippen LogP contribution in [0.4, 0.5) is 5.13 Å². The van der Waals surface area contributed by atoms with Crippen LogP contribution in [0.2, 0.25) is 0 Å². The summed E-state index contributed by atoms with van der Waals surface area (Å²) < 4.78 is 0.528. The SMILES string of the molecule is CN(C)CCC(=O)Nc1nnc(SCC(=O)O)s1. The molecule has 0 aromatic carbocycles. The van der Waals surface area contributed by atoms with Crippen molar-refractivity contribution in [2.75, 3.05) is 31.7 Å². The molecule has 1 amide bonds. The lowest BCUT2D eigenvalue weighted by molar-refractivity contribution is -0.133. The molecule has 1 heterocycles. The number of carbonyl (C=O) groups excluding carboxylic acids is 1. The smallest absolute Gasteiger partial charge is 0.313 e. The molecule has 0 spiro atoms. The Morgan fingerprint density at radius 2 is 2.17 bits per heavy atom. The quantitative estimate of drug-likeness (QED) is 0.561. The molecule has 0 radical (unpaired) electrons. The van der Waals surface area contributed by atoms with E-state index in [4.69, 9.17) is 5.11 Å². The zero-order valence-corrected chi connectivity index (χ0v) is 11.7. The summed E-state index contributed by atoms with van der Waals surface area (Å²) in [4.78, 5) is 23.8. The molecule has 0 atom stereocenters. The highest BCUT2D eigenvalue weighted by Crippen LogP contribution is 2.25. The highest BCUT2D eigenvalue weighted by atomic mass is 32.2. The van der Waals surface area contributed by atoms with Gasteiger partial charge in [0.25, 0.3) is 0 Å². The number of hydrogen-bond donors (Lipinski definition) is 2. The Hall–Kier alpha value is -1.19. The Balaban J connectivity index is 2.38.